The summed E-state index contributed by atoms with van der Waals surface area (Å²) in [5.41, 5.74) is 0. The zero-order valence-electron chi connectivity index (χ0n) is 8.42. The average molecular weight is 516 g/mol. The zero-order valence-corrected chi connectivity index (χ0v) is 15.6. The molecule has 0 saturated carbocycles. The van der Waals surface area contributed by atoms with E-state index in [1.165, 1.54) is 0 Å². The maximum atomic E-state index is 10.9. The second kappa shape index (κ2) is 7.47. The number of hydrogen-bond donors (Lipinski definition) is 0. The van der Waals surface area contributed by atoms with Gasteiger partial charge in [0.05, 0.1) is 14.2 Å². The van der Waals surface area contributed by atoms with Gasteiger partial charge in [-0.1, -0.05) is 47.8 Å². The molecule has 0 aromatic carbocycles. The quantitative estimate of drug-likeness (QED) is 0.425. The van der Waals surface area contributed by atoms with Gasteiger partial charge in [0.25, 0.3) is 0 Å². The maximum Gasteiger partial charge on any atom is 0.217 e. The Morgan fingerprint density at radius 1 is 1.41 bits per heavy atom. The fraction of sp³-hybridized carbons (Fsp3) is 0.444. The summed E-state index contributed by atoms with van der Waals surface area (Å²) in [6.45, 7) is 0.494. The summed E-state index contributed by atoms with van der Waals surface area (Å²) in [4.78, 5) is 0.529. The fourth-order valence-electron chi connectivity index (χ4n) is 1.09. The first-order chi connectivity index (χ1) is 7.95. The summed E-state index contributed by atoms with van der Waals surface area (Å²) < 4.78 is 28.7. The molecule has 1 unspecified atom stereocenters. The third kappa shape index (κ3) is 4.81. The van der Waals surface area contributed by atoms with Gasteiger partial charge in [0.1, 0.15) is 12.4 Å². The van der Waals surface area contributed by atoms with Crippen molar-refractivity contribution in [3.8, 4) is 0 Å². The van der Waals surface area contributed by atoms with Gasteiger partial charge in [-0.3, -0.25) is 0 Å². The van der Waals surface area contributed by atoms with Crippen LogP contribution in [0.25, 0.3) is 0 Å². The smallest absolute Gasteiger partial charge is 0.217 e. The van der Waals surface area contributed by atoms with Crippen LogP contribution in [0.1, 0.15) is 6.42 Å². The Bertz CT molecular complexity index is 484. The van der Waals surface area contributed by atoms with E-state index in [-0.39, 0.29) is 4.83 Å². The molecule has 1 atom stereocenters. The molecule has 0 amide bonds. The Hall–Kier alpha value is 0.890. The normalized spacial score (nSPS) is 17.9. The fourth-order valence-corrected chi connectivity index (χ4v) is 3.75. The molecule has 0 fully saturated rings. The van der Waals surface area contributed by atoms with Crippen molar-refractivity contribution in [1.29, 1.82) is 0 Å². The van der Waals surface area contributed by atoms with Crippen LogP contribution < -0.4 is 0 Å². The minimum Gasteiger partial charge on any atom is -0.490 e. The largest absolute Gasteiger partial charge is 0.490 e. The van der Waals surface area contributed by atoms with Crippen molar-refractivity contribution in [2.24, 2.45) is 0 Å². The molecule has 1 aliphatic carbocycles. The van der Waals surface area contributed by atoms with Gasteiger partial charge >= 0.3 is 0 Å². The van der Waals surface area contributed by atoms with Crippen LogP contribution in [0.15, 0.2) is 20.8 Å². The van der Waals surface area contributed by atoms with Crippen LogP contribution in [0.2, 0.25) is 0 Å². The zero-order chi connectivity index (χ0) is 13.0. The molecule has 0 radical (unpaired) electrons. The van der Waals surface area contributed by atoms with E-state index < -0.39 is 10.3 Å². The highest BCUT2D eigenvalue weighted by Gasteiger charge is 2.19. The van der Waals surface area contributed by atoms with Crippen LogP contribution in [0.4, 0.5) is 0 Å². The summed E-state index contributed by atoms with van der Waals surface area (Å²) in [5.74, 6) is 0.643. The van der Waals surface area contributed by atoms with E-state index in [2.05, 4.69) is 63.7 Å². The summed E-state index contributed by atoms with van der Waals surface area (Å²) in [5, 5.41) is 0.779. The maximum absolute atomic E-state index is 10.9. The Morgan fingerprint density at radius 3 is 2.53 bits per heavy atom. The van der Waals surface area contributed by atoms with Gasteiger partial charge in [-0.05, 0) is 22.0 Å². The predicted molar refractivity (Wildman–Crippen MR) is 84.0 cm³/mol. The lowest BCUT2D eigenvalue weighted by Crippen LogP contribution is -2.13. The molecular formula is C9H8Br4O3S. The molecule has 0 aromatic rings. The number of hydrogen-bond acceptors (Lipinski definition) is 3. The summed E-state index contributed by atoms with van der Waals surface area (Å²) in [6.07, 6.45) is 1.88. The number of alkyl halides is 2. The van der Waals surface area contributed by atoms with Gasteiger partial charge in [0.15, 0.2) is 0 Å². The van der Waals surface area contributed by atoms with Crippen LogP contribution in [0, 0.1) is 0 Å². The van der Waals surface area contributed by atoms with Crippen LogP contribution in [0.5, 0.6) is 0 Å². The molecule has 96 valence electrons. The number of halogens is 4. The van der Waals surface area contributed by atoms with Gasteiger partial charge in [0, 0.05) is 16.2 Å². The molecule has 0 N–H and O–H groups in total. The molecule has 1 rings (SSSR count). The van der Waals surface area contributed by atoms with Crippen molar-refractivity contribution < 1.29 is 13.2 Å². The molecule has 0 aromatic heterocycles. The van der Waals surface area contributed by atoms with Gasteiger partial charge in [0.2, 0.25) is 10.3 Å². The van der Waals surface area contributed by atoms with E-state index in [9.17, 15) is 8.42 Å². The van der Waals surface area contributed by atoms with E-state index >= 15 is 0 Å². The third-order valence-electron chi connectivity index (χ3n) is 1.87. The van der Waals surface area contributed by atoms with E-state index in [0.717, 1.165) is 9.81 Å². The van der Waals surface area contributed by atoms with Crippen molar-refractivity contribution in [1.82, 2.24) is 0 Å². The van der Waals surface area contributed by atoms with Crippen molar-refractivity contribution in [2.45, 2.75) is 11.2 Å². The number of ether oxygens (including phenoxy) is 1. The van der Waals surface area contributed by atoms with Crippen molar-refractivity contribution >= 4 is 78.9 Å². The monoisotopic (exact) mass is 512 g/mol. The summed E-state index contributed by atoms with van der Waals surface area (Å²) in [6, 6.07) is 0. The average Bonchev–Trinajstić information content (AvgIpc) is 2.27. The SMILES string of the molecule is O=S(=O)=C1C=C(Br)C(OCC(Br)CBr)=C(Br)C1. The van der Waals surface area contributed by atoms with E-state index in [0.29, 0.717) is 28.1 Å². The molecule has 0 heterocycles. The minimum absolute atomic E-state index is 0.203. The highest BCUT2D eigenvalue weighted by atomic mass is 79.9. The first kappa shape index (κ1) is 15.9. The Kier molecular flexibility index (Phi) is 7.01. The second-order valence-electron chi connectivity index (χ2n) is 3.17. The Labute approximate surface area is 135 Å². The van der Waals surface area contributed by atoms with Gasteiger partial charge in [-0.25, -0.2) is 0 Å². The lowest BCUT2D eigenvalue weighted by molar-refractivity contribution is 0.228. The number of allylic oxidation sites excluding steroid dienone is 3. The third-order valence-corrected chi connectivity index (χ3v) is 6.03. The van der Waals surface area contributed by atoms with Crippen molar-refractivity contribution in [3.05, 3.63) is 20.8 Å². The molecule has 17 heavy (non-hydrogen) atoms. The standard InChI is InChI=1S/C9H8Br4O3S/c10-3-5(11)4-16-9-7(12)1-6(17(14)15)2-8(9)13/h1,5H,2-4H2. The van der Waals surface area contributed by atoms with Crippen LogP contribution >= 0.6 is 63.7 Å². The molecule has 0 aliphatic heterocycles. The molecule has 3 nitrogen and oxygen atoms in total. The van der Waals surface area contributed by atoms with Crippen LogP contribution in [0.3, 0.4) is 0 Å². The number of rotatable bonds is 4. The first-order valence-electron chi connectivity index (χ1n) is 4.49. The Balaban J connectivity index is 2.85. The van der Waals surface area contributed by atoms with Crippen LogP contribution in [-0.2, 0) is 15.0 Å². The van der Waals surface area contributed by atoms with E-state index in [1.54, 1.807) is 6.08 Å². The van der Waals surface area contributed by atoms with Gasteiger partial charge in [-0.15, -0.1) is 0 Å². The Morgan fingerprint density at radius 2 is 2.06 bits per heavy atom. The van der Waals surface area contributed by atoms with Gasteiger partial charge < -0.3 is 4.74 Å². The van der Waals surface area contributed by atoms with Crippen molar-refractivity contribution in [3.63, 3.8) is 0 Å². The lowest BCUT2D eigenvalue weighted by atomic mass is 10.2. The molecule has 8 heteroatoms. The summed E-state index contributed by atoms with van der Waals surface area (Å²) >= 11 is 13.4. The molecule has 0 spiro atoms. The lowest BCUT2D eigenvalue weighted by Gasteiger charge is -2.17. The van der Waals surface area contributed by atoms with E-state index in [1.807, 2.05) is 0 Å². The first-order valence-corrected chi connectivity index (χ1v) is 9.19. The highest BCUT2D eigenvalue weighted by Crippen LogP contribution is 2.32. The van der Waals surface area contributed by atoms with Crippen LogP contribution in [-0.4, -0.2) is 30.0 Å². The van der Waals surface area contributed by atoms with Crippen molar-refractivity contribution in [2.75, 3.05) is 11.9 Å². The van der Waals surface area contributed by atoms with Gasteiger partial charge in [-0.2, -0.15) is 8.42 Å². The van der Waals surface area contributed by atoms with E-state index in [4.69, 9.17) is 4.74 Å². The second-order valence-corrected chi connectivity index (χ2v) is 7.91. The topological polar surface area (TPSA) is 43.4 Å². The molecule has 0 saturated heterocycles. The molecule has 0 bridgehead atoms. The highest BCUT2D eigenvalue weighted by molar-refractivity contribution is 9.12. The minimum atomic E-state index is -2.20. The molecular weight excluding hydrogens is 508 g/mol. The predicted octanol–water partition coefficient (Wildman–Crippen LogP) is 3.50. The summed E-state index contributed by atoms with van der Waals surface area (Å²) in [7, 11) is -2.20. The molecule has 1 aliphatic rings.